The number of hydrogen-bond acceptors (Lipinski definition) is 4. The molecule has 1 aliphatic carbocycles. The third-order valence-electron chi connectivity index (χ3n) is 3.85. The topological polar surface area (TPSA) is 84.9 Å². The summed E-state index contributed by atoms with van der Waals surface area (Å²) in [6.45, 7) is 2.45. The fraction of sp³-hybridized carbons (Fsp3) is 0.714. The third-order valence-corrected chi connectivity index (χ3v) is 3.85. The lowest BCUT2D eigenvalue weighted by Crippen LogP contribution is -2.52. The zero-order chi connectivity index (χ0) is 14.6. The van der Waals surface area contributed by atoms with Crippen LogP contribution in [0.4, 0.5) is 0 Å². The molecular weight excluding hydrogens is 262 g/mol. The highest BCUT2D eigenvalue weighted by atomic mass is 16.6. The molecule has 0 bridgehead atoms. The van der Waals surface area contributed by atoms with Crippen molar-refractivity contribution in [1.29, 1.82) is 0 Å². The van der Waals surface area contributed by atoms with Crippen LogP contribution in [0.1, 0.15) is 45.4 Å². The van der Waals surface area contributed by atoms with E-state index < -0.39 is 11.5 Å². The van der Waals surface area contributed by atoms with Crippen molar-refractivity contribution in [1.82, 2.24) is 5.32 Å². The number of carboxylic acids is 1. The lowest BCUT2D eigenvalue weighted by atomic mass is 9.79. The van der Waals surface area contributed by atoms with Crippen LogP contribution in [0, 0.1) is 0 Å². The quantitative estimate of drug-likeness (QED) is 0.818. The van der Waals surface area contributed by atoms with Crippen LogP contribution in [0.3, 0.4) is 0 Å². The predicted molar refractivity (Wildman–Crippen MR) is 70.8 cm³/mol. The summed E-state index contributed by atoms with van der Waals surface area (Å²) in [7, 11) is 0. The lowest BCUT2D eigenvalue weighted by molar-refractivity contribution is -0.139. The molecule has 1 amide bonds. The number of aliphatic carboxylic acids is 1. The molecule has 0 aromatic carbocycles. The molecule has 2 N–H and O–H groups in total. The van der Waals surface area contributed by atoms with Crippen LogP contribution in [0.25, 0.3) is 0 Å². The maximum absolute atomic E-state index is 12.3. The number of rotatable bonds is 4. The minimum Gasteiger partial charge on any atom is -0.491 e. The predicted octanol–water partition coefficient (Wildman–Crippen LogP) is 1.56. The summed E-state index contributed by atoms with van der Waals surface area (Å²) in [6.07, 6.45) is 4.28. The number of carbonyl (C=O) groups excluding carboxylic acids is 1. The van der Waals surface area contributed by atoms with E-state index in [1.54, 1.807) is 6.92 Å². The molecule has 1 heterocycles. The van der Waals surface area contributed by atoms with Gasteiger partial charge in [-0.05, 0) is 19.8 Å². The molecule has 0 radical (unpaired) electrons. The SMILES string of the molecule is CC1=C(C(=O)NC2(CC(=O)O)CCCCC2)OCCO1. The zero-order valence-electron chi connectivity index (χ0n) is 11.7. The molecule has 2 aliphatic rings. The van der Waals surface area contributed by atoms with Crippen molar-refractivity contribution in [2.45, 2.75) is 51.0 Å². The number of allylic oxidation sites excluding steroid dienone is 1. The minimum absolute atomic E-state index is 0.0497. The molecule has 6 heteroatoms. The highest BCUT2D eigenvalue weighted by molar-refractivity contribution is 5.92. The van der Waals surface area contributed by atoms with Crippen LogP contribution in [0.15, 0.2) is 11.5 Å². The number of hydrogen-bond donors (Lipinski definition) is 2. The Hall–Kier alpha value is -1.72. The van der Waals surface area contributed by atoms with Gasteiger partial charge in [-0.25, -0.2) is 0 Å². The normalized spacial score (nSPS) is 21.6. The number of carboxylic acid groups (broad SMARTS) is 1. The molecule has 0 aromatic heterocycles. The lowest BCUT2D eigenvalue weighted by Gasteiger charge is -2.37. The molecule has 0 saturated heterocycles. The first-order valence-electron chi connectivity index (χ1n) is 7.03. The Morgan fingerprint density at radius 2 is 1.85 bits per heavy atom. The van der Waals surface area contributed by atoms with E-state index >= 15 is 0 Å². The van der Waals surface area contributed by atoms with E-state index in [4.69, 9.17) is 14.6 Å². The maximum Gasteiger partial charge on any atom is 0.305 e. The van der Waals surface area contributed by atoms with Crippen LogP contribution in [-0.2, 0) is 19.1 Å². The molecule has 6 nitrogen and oxygen atoms in total. The summed E-state index contributed by atoms with van der Waals surface area (Å²) >= 11 is 0. The van der Waals surface area contributed by atoms with Crippen molar-refractivity contribution < 1.29 is 24.2 Å². The fourth-order valence-corrected chi connectivity index (χ4v) is 2.89. The Balaban J connectivity index is 2.11. The fourth-order valence-electron chi connectivity index (χ4n) is 2.89. The largest absolute Gasteiger partial charge is 0.491 e. The van der Waals surface area contributed by atoms with E-state index in [9.17, 15) is 9.59 Å². The Morgan fingerprint density at radius 1 is 1.20 bits per heavy atom. The third kappa shape index (κ3) is 3.43. The first-order chi connectivity index (χ1) is 9.52. The van der Waals surface area contributed by atoms with E-state index in [0.717, 1.165) is 19.3 Å². The number of carbonyl (C=O) groups is 2. The average molecular weight is 283 g/mol. The number of nitrogens with one attached hydrogen (secondary N) is 1. The zero-order valence-corrected chi connectivity index (χ0v) is 11.7. The minimum atomic E-state index is -0.890. The Labute approximate surface area is 118 Å². The van der Waals surface area contributed by atoms with Crippen molar-refractivity contribution in [3.05, 3.63) is 11.5 Å². The van der Waals surface area contributed by atoms with Crippen molar-refractivity contribution in [3.8, 4) is 0 Å². The average Bonchev–Trinajstić information content (AvgIpc) is 2.39. The van der Waals surface area contributed by atoms with E-state index in [2.05, 4.69) is 5.32 Å². The van der Waals surface area contributed by atoms with Crippen LogP contribution in [0.5, 0.6) is 0 Å². The molecule has 20 heavy (non-hydrogen) atoms. The van der Waals surface area contributed by atoms with Crippen molar-refractivity contribution in [2.75, 3.05) is 13.2 Å². The van der Waals surface area contributed by atoms with Gasteiger partial charge in [-0.1, -0.05) is 19.3 Å². The summed E-state index contributed by atoms with van der Waals surface area (Å²) in [4.78, 5) is 23.4. The highest BCUT2D eigenvalue weighted by Crippen LogP contribution is 2.31. The van der Waals surface area contributed by atoms with Gasteiger partial charge in [0, 0.05) is 0 Å². The van der Waals surface area contributed by atoms with E-state index in [1.165, 1.54) is 0 Å². The second-order valence-corrected chi connectivity index (χ2v) is 5.45. The second-order valence-electron chi connectivity index (χ2n) is 5.45. The van der Waals surface area contributed by atoms with E-state index in [1.807, 2.05) is 0 Å². The van der Waals surface area contributed by atoms with E-state index in [-0.39, 0.29) is 18.1 Å². The summed E-state index contributed by atoms with van der Waals surface area (Å²) in [5.74, 6) is -0.634. The van der Waals surface area contributed by atoms with Crippen molar-refractivity contribution >= 4 is 11.9 Å². The molecule has 0 atom stereocenters. The summed E-state index contributed by atoms with van der Waals surface area (Å²) in [5, 5.41) is 12.0. The van der Waals surface area contributed by atoms with Gasteiger partial charge in [0.1, 0.15) is 19.0 Å². The van der Waals surface area contributed by atoms with Crippen molar-refractivity contribution in [2.24, 2.45) is 0 Å². The summed E-state index contributed by atoms with van der Waals surface area (Å²) < 4.78 is 10.6. The molecule has 2 rings (SSSR count). The number of amides is 1. The first kappa shape index (κ1) is 14.7. The van der Waals surface area contributed by atoms with Gasteiger partial charge in [-0.15, -0.1) is 0 Å². The molecule has 1 fully saturated rings. The molecule has 1 aliphatic heterocycles. The Bertz CT molecular complexity index is 423. The summed E-state index contributed by atoms with van der Waals surface area (Å²) in [5.41, 5.74) is -0.657. The van der Waals surface area contributed by atoms with Gasteiger partial charge in [-0.3, -0.25) is 9.59 Å². The highest BCUT2D eigenvalue weighted by Gasteiger charge is 2.37. The monoisotopic (exact) mass is 283 g/mol. The van der Waals surface area contributed by atoms with Gasteiger partial charge in [0.05, 0.1) is 12.0 Å². The first-order valence-corrected chi connectivity index (χ1v) is 7.03. The molecule has 112 valence electrons. The van der Waals surface area contributed by atoms with Gasteiger partial charge in [0.15, 0.2) is 0 Å². The molecule has 0 unspecified atom stereocenters. The van der Waals surface area contributed by atoms with Gasteiger partial charge in [0.25, 0.3) is 5.91 Å². The maximum atomic E-state index is 12.3. The van der Waals surface area contributed by atoms with Crippen LogP contribution < -0.4 is 5.32 Å². The molecule has 0 spiro atoms. The van der Waals surface area contributed by atoms with Gasteiger partial charge in [0.2, 0.25) is 5.76 Å². The standard InChI is InChI=1S/C14H21NO5/c1-10-12(20-8-7-19-10)13(18)15-14(9-11(16)17)5-3-2-4-6-14/h2-9H2,1H3,(H,15,18)(H,16,17). The van der Waals surface area contributed by atoms with Crippen LogP contribution in [-0.4, -0.2) is 35.7 Å². The smallest absolute Gasteiger partial charge is 0.305 e. The number of ether oxygens (including phenoxy) is 2. The van der Waals surface area contributed by atoms with Crippen LogP contribution >= 0.6 is 0 Å². The Kier molecular flexibility index (Phi) is 4.52. The van der Waals surface area contributed by atoms with E-state index in [0.29, 0.717) is 31.8 Å². The van der Waals surface area contributed by atoms with Gasteiger partial charge >= 0.3 is 5.97 Å². The van der Waals surface area contributed by atoms with Crippen LogP contribution in [0.2, 0.25) is 0 Å². The second kappa shape index (κ2) is 6.15. The molecule has 0 aromatic rings. The van der Waals surface area contributed by atoms with Gasteiger partial charge < -0.3 is 19.9 Å². The molecular formula is C14H21NO5. The Morgan fingerprint density at radius 3 is 2.45 bits per heavy atom. The molecule has 1 saturated carbocycles. The van der Waals surface area contributed by atoms with Gasteiger partial charge in [-0.2, -0.15) is 0 Å². The summed E-state index contributed by atoms with van der Waals surface area (Å²) in [6, 6.07) is 0. The van der Waals surface area contributed by atoms with Crippen molar-refractivity contribution in [3.63, 3.8) is 0 Å².